The summed E-state index contributed by atoms with van der Waals surface area (Å²) in [6.07, 6.45) is 0. The summed E-state index contributed by atoms with van der Waals surface area (Å²) in [4.78, 5) is 25.5. The molecule has 0 saturated carbocycles. The third-order valence-corrected chi connectivity index (χ3v) is 1.21. The van der Waals surface area contributed by atoms with Gasteiger partial charge in [0.25, 0.3) is 0 Å². The molecule has 0 aromatic heterocycles. The van der Waals surface area contributed by atoms with Crippen molar-refractivity contribution in [1.29, 1.82) is 0 Å². The Morgan fingerprint density at radius 2 is 1.79 bits per heavy atom. The van der Waals surface area contributed by atoms with Gasteiger partial charge in [0.15, 0.2) is 5.96 Å². The lowest BCUT2D eigenvalue weighted by Crippen LogP contribution is -2.28. The van der Waals surface area contributed by atoms with Gasteiger partial charge in [0.2, 0.25) is 0 Å². The minimum absolute atomic E-state index is 0.217. The van der Waals surface area contributed by atoms with Gasteiger partial charge in [0.1, 0.15) is 6.54 Å². The summed E-state index contributed by atoms with van der Waals surface area (Å²) in [5.74, 6) is -1.59. The number of carbonyl (C=O) groups is 2. The first-order valence-corrected chi connectivity index (χ1v) is 4.04. The summed E-state index contributed by atoms with van der Waals surface area (Å²) in [5.41, 5.74) is 9.27. The number of hydrogen-bond acceptors (Lipinski definition) is 4. The lowest BCUT2D eigenvalue weighted by atomic mass is 9.97. The topological polar surface area (TPSA) is 108 Å². The van der Waals surface area contributed by atoms with Gasteiger partial charge < -0.3 is 16.2 Å². The van der Waals surface area contributed by atoms with Crippen LogP contribution in [0, 0.1) is 5.41 Å². The highest BCUT2D eigenvalue weighted by atomic mass is 16.6. The maximum absolute atomic E-state index is 11.2. The van der Waals surface area contributed by atoms with Gasteiger partial charge in [-0.25, -0.2) is 9.79 Å². The molecule has 14 heavy (non-hydrogen) atoms. The van der Waals surface area contributed by atoms with Crippen molar-refractivity contribution in [3.63, 3.8) is 0 Å². The van der Waals surface area contributed by atoms with Crippen molar-refractivity contribution < 1.29 is 14.3 Å². The largest absolute Gasteiger partial charge is 0.391 e. The van der Waals surface area contributed by atoms with Crippen LogP contribution in [0.15, 0.2) is 4.99 Å². The maximum atomic E-state index is 11.2. The molecule has 0 aromatic rings. The molecule has 0 rings (SSSR count). The van der Waals surface area contributed by atoms with Crippen molar-refractivity contribution in [2.75, 3.05) is 6.54 Å². The number of esters is 2. The first-order chi connectivity index (χ1) is 6.23. The summed E-state index contributed by atoms with van der Waals surface area (Å²) in [7, 11) is 0. The molecule has 0 heterocycles. The summed E-state index contributed by atoms with van der Waals surface area (Å²) in [6, 6.07) is 0. The number of hydrogen-bond donors (Lipinski definition) is 2. The Hall–Kier alpha value is -1.59. The molecule has 0 unspecified atom stereocenters. The van der Waals surface area contributed by atoms with Crippen molar-refractivity contribution in [3.05, 3.63) is 0 Å². The van der Waals surface area contributed by atoms with Crippen molar-refractivity contribution in [2.24, 2.45) is 21.9 Å². The van der Waals surface area contributed by atoms with Crippen molar-refractivity contribution >= 4 is 17.9 Å². The van der Waals surface area contributed by atoms with Gasteiger partial charge in [0.05, 0.1) is 5.41 Å². The lowest BCUT2D eigenvalue weighted by Gasteiger charge is -2.14. The minimum Gasteiger partial charge on any atom is -0.391 e. The molecule has 80 valence electrons. The second-order valence-electron chi connectivity index (χ2n) is 3.75. The van der Waals surface area contributed by atoms with Crippen molar-refractivity contribution in [3.8, 4) is 0 Å². The highest BCUT2D eigenvalue weighted by Crippen LogP contribution is 2.14. The lowest BCUT2D eigenvalue weighted by molar-refractivity contribution is -0.164. The molecule has 0 aliphatic heterocycles. The second-order valence-corrected chi connectivity index (χ2v) is 3.75. The van der Waals surface area contributed by atoms with Crippen LogP contribution in [0.1, 0.15) is 20.8 Å². The van der Waals surface area contributed by atoms with Crippen molar-refractivity contribution in [1.82, 2.24) is 0 Å². The van der Waals surface area contributed by atoms with Gasteiger partial charge in [-0.2, -0.15) is 0 Å². The zero-order chi connectivity index (χ0) is 11.4. The van der Waals surface area contributed by atoms with E-state index in [4.69, 9.17) is 11.5 Å². The molecule has 0 atom stereocenters. The summed E-state index contributed by atoms with van der Waals surface area (Å²) in [6.45, 7) is 4.58. The van der Waals surface area contributed by atoms with Gasteiger partial charge in [0, 0.05) is 0 Å². The first kappa shape index (κ1) is 12.4. The zero-order valence-corrected chi connectivity index (χ0v) is 8.53. The van der Waals surface area contributed by atoms with E-state index in [1.165, 1.54) is 0 Å². The summed E-state index contributed by atoms with van der Waals surface area (Å²) in [5, 5.41) is 0. The van der Waals surface area contributed by atoms with Crippen LogP contribution in [-0.4, -0.2) is 24.4 Å². The monoisotopic (exact) mass is 201 g/mol. The molecule has 0 aliphatic rings. The zero-order valence-electron chi connectivity index (χ0n) is 8.53. The SMILES string of the molecule is CC(C)(C)C(=O)OC(=O)CN=C(N)N. The molecule has 0 aromatic carbocycles. The fourth-order valence-electron chi connectivity index (χ4n) is 0.445. The number of rotatable bonds is 2. The van der Waals surface area contributed by atoms with E-state index in [2.05, 4.69) is 9.73 Å². The fourth-order valence-corrected chi connectivity index (χ4v) is 0.445. The summed E-state index contributed by atoms with van der Waals surface area (Å²) < 4.78 is 4.47. The van der Waals surface area contributed by atoms with Gasteiger partial charge in [-0.15, -0.1) is 0 Å². The number of aliphatic imine (C=N–C) groups is 1. The number of nitrogens with zero attached hydrogens (tertiary/aromatic N) is 1. The molecular weight excluding hydrogens is 186 g/mol. The third-order valence-electron chi connectivity index (χ3n) is 1.21. The van der Waals surface area contributed by atoms with Crippen LogP contribution in [0.3, 0.4) is 0 Å². The van der Waals surface area contributed by atoms with E-state index in [-0.39, 0.29) is 12.5 Å². The van der Waals surface area contributed by atoms with E-state index in [1.54, 1.807) is 20.8 Å². The highest BCUT2D eigenvalue weighted by Gasteiger charge is 2.25. The Morgan fingerprint density at radius 3 is 2.14 bits per heavy atom. The van der Waals surface area contributed by atoms with Crippen LogP contribution in [0.25, 0.3) is 0 Å². The van der Waals surface area contributed by atoms with Crippen LogP contribution in [0.4, 0.5) is 0 Å². The van der Waals surface area contributed by atoms with Gasteiger partial charge >= 0.3 is 11.9 Å². The molecule has 0 aliphatic carbocycles. The quantitative estimate of drug-likeness (QED) is 0.268. The maximum Gasteiger partial charge on any atom is 0.335 e. The van der Waals surface area contributed by atoms with Gasteiger partial charge in [-0.05, 0) is 20.8 Å². The molecule has 6 nitrogen and oxygen atoms in total. The average molecular weight is 201 g/mol. The third kappa shape index (κ3) is 5.13. The second kappa shape index (κ2) is 4.59. The first-order valence-electron chi connectivity index (χ1n) is 4.04. The van der Waals surface area contributed by atoms with Crippen LogP contribution >= 0.6 is 0 Å². The van der Waals surface area contributed by atoms with Crippen LogP contribution in [-0.2, 0) is 14.3 Å². The molecule has 0 bridgehead atoms. The molecular formula is C8H15N3O3. The Morgan fingerprint density at radius 1 is 1.29 bits per heavy atom. The molecule has 0 spiro atoms. The molecule has 0 saturated heterocycles. The number of nitrogens with two attached hydrogens (primary N) is 2. The van der Waals surface area contributed by atoms with Gasteiger partial charge in [-0.3, -0.25) is 4.79 Å². The van der Waals surface area contributed by atoms with Crippen LogP contribution in [0.2, 0.25) is 0 Å². The Labute approximate surface area is 82.3 Å². The summed E-state index contributed by atoms with van der Waals surface area (Å²) >= 11 is 0. The van der Waals surface area contributed by atoms with E-state index in [0.29, 0.717) is 0 Å². The fraction of sp³-hybridized carbons (Fsp3) is 0.625. The standard InChI is InChI=1S/C8H15N3O3/c1-8(2,3)6(13)14-5(12)4-11-7(9)10/h4H2,1-3H3,(H4,9,10,11). The van der Waals surface area contributed by atoms with E-state index in [1.807, 2.05) is 0 Å². The Kier molecular flexibility index (Phi) is 4.07. The van der Waals surface area contributed by atoms with Crippen molar-refractivity contribution in [2.45, 2.75) is 20.8 Å². The molecule has 6 heteroatoms. The van der Waals surface area contributed by atoms with Crippen LogP contribution < -0.4 is 11.5 Å². The molecule has 4 N–H and O–H groups in total. The number of carbonyl (C=O) groups excluding carboxylic acids is 2. The Bertz CT molecular complexity index is 261. The van der Waals surface area contributed by atoms with E-state index in [0.717, 1.165) is 0 Å². The number of ether oxygens (including phenoxy) is 1. The van der Waals surface area contributed by atoms with E-state index < -0.39 is 17.4 Å². The van der Waals surface area contributed by atoms with Gasteiger partial charge in [-0.1, -0.05) is 0 Å². The molecule has 0 amide bonds. The van der Waals surface area contributed by atoms with Crippen LogP contribution in [0.5, 0.6) is 0 Å². The van der Waals surface area contributed by atoms with E-state index >= 15 is 0 Å². The molecule has 0 radical (unpaired) electrons. The highest BCUT2D eigenvalue weighted by molar-refractivity contribution is 5.90. The van der Waals surface area contributed by atoms with E-state index in [9.17, 15) is 9.59 Å². The smallest absolute Gasteiger partial charge is 0.335 e. The Balaban J connectivity index is 4.09. The number of guanidine groups is 1. The minimum atomic E-state index is -0.765. The normalized spacial score (nSPS) is 10.5. The molecule has 0 fully saturated rings. The predicted octanol–water partition coefficient (Wildman–Crippen LogP) is -0.624. The average Bonchev–Trinajstić information content (AvgIpc) is 1.99. The predicted molar refractivity (Wildman–Crippen MR) is 51.2 cm³/mol.